The minimum absolute atomic E-state index is 0.250. The second kappa shape index (κ2) is 9.31. The van der Waals surface area contributed by atoms with Crippen molar-refractivity contribution >= 4 is 22.4 Å². The number of nitrogens with zero attached hydrogens (tertiary/aromatic N) is 3. The van der Waals surface area contributed by atoms with Gasteiger partial charge in [0, 0.05) is 11.8 Å². The van der Waals surface area contributed by atoms with Crippen molar-refractivity contribution in [1.82, 2.24) is 15.2 Å². The standard InChI is InChI=1S/C22H17FN4O3S/c1-29-19-11-15(7-8-18(19)30-13-14-5-3-2-4-6-14)20(28)25-22-27-26-21(31-22)16-9-10-24-12-17(16)23/h2-12H,13H2,1H3,(H,25,27,28). The summed E-state index contributed by atoms with van der Waals surface area (Å²) < 4.78 is 25.1. The van der Waals surface area contributed by atoms with Crippen molar-refractivity contribution < 1.29 is 18.7 Å². The Kier molecular flexibility index (Phi) is 6.13. The van der Waals surface area contributed by atoms with Gasteiger partial charge in [0.05, 0.1) is 18.9 Å². The van der Waals surface area contributed by atoms with Gasteiger partial charge in [-0.3, -0.25) is 15.1 Å². The summed E-state index contributed by atoms with van der Waals surface area (Å²) in [5.74, 6) is 0.0489. The van der Waals surface area contributed by atoms with E-state index in [0.717, 1.165) is 23.1 Å². The molecule has 1 amide bonds. The normalized spacial score (nSPS) is 10.5. The number of carbonyl (C=O) groups is 1. The number of hydrogen-bond acceptors (Lipinski definition) is 7. The molecule has 0 aliphatic rings. The number of halogens is 1. The monoisotopic (exact) mass is 436 g/mol. The number of hydrogen-bond donors (Lipinski definition) is 1. The van der Waals surface area contributed by atoms with Gasteiger partial charge in [-0.15, -0.1) is 10.2 Å². The molecular formula is C22H17FN4O3S. The summed E-state index contributed by atoms with van der Waals surface area (Å²) in [6.45, 7) is 0.377. The molecule has 0 saturated heterocycles. The van der Waals surface area contributed by atoms with E-state index in [-0.39, 0.29) is 10.7 Å². The van der Waals surface area contributed by atoms with Crippen LogP contribution < -0.4 is 14.8 Å². The van der Waals surface area contributed by atoms with E-state index < -0.39 is 11.7 Å². The number of aromatic nitrogens is 3. The third-order valence-electron chi connectivity index (χ3n) is 4.31. The van der Waals surface area contributed by atoms with Gasteiger partial charge in [-0.2, -0.15) is 0 Å². The second-order valence-electron chi connectivity index (χ2n) is 6.36. The van der Waals surface area contributed by atoms with Gasteiger partial charge in [-0.25, -0.2) is 4.39 Å². The number of amides is 1. The van der Waals surface area contributed by atoms with Crippen molar-refractivity contribution in [3.63, 3.8) is 0 Å². The first-order valence-corrected chi connectivity index (χ1v) is 10.0. The van der Waals surface area contributed by atoms with Crippen molar-refractivity contribution in [2.75, 3.05) is 12.4 Å². The predicted octanol–water partition coefficient (Wildman–Crippen LogP) is 4.58. The zero-order chi connectivity index (χ0) is 21.6. The van der Waals surface area contributed by atoms with Crippen LogP contribution in [0.15, 0.2) is 67.0 Å². The Morgan fingerprint density at radius 2 is 1.94 bits per heavy atom. The van der Waals surface area contributed by atoms with E-state index >= 15 is 0 Å². The number of benzene rings is 2. The minimum Gasteiger partial charge on any atom is -0.493 e. The van der Waals surface area contributed by atoms with Gasteiger partial charge in [0.25, 0.3) is 5.91 Å². The van der Waals surface area contributed by atoms with Gasteiger partial charge < -0.3 is 9.47 Å². The van der Waals surface area contributed by atoms with E-state index in [1.54, 1.807) is 18.2 Å². The fourth-order valence-electron chi connectivity index (χ4n) is 2.76. The third-order valence-corrected chi connectivity index (χ3v) is 5.18. The Morgan fingerprint density at radius 1 is 1.10 bits per heavy atom. The molecule has 0 aliphatic heterocycles. The van der Waals surface area contributed by atoms with Crippen molar-refractivity contribution in [3.05, 3.63) is 83.9 Å². The maximum Gasteiger partial charge on any atom is 0.257 e. The van der Waals surface area contributed by atoms with E-state index in [0.29, 0.717) is 28.7 Å². The molecule has 4 aromatic rings. The number of carbonyl (C=O) groups excluding carboxylic acids is 1. The summed E-state index contributed by atoms with van der Waals surface area (Å²) in [6, 6.07) is 16.1. The zero-order valence-corrected chi connectivity index (χ0v) is 17.2. The molecule has 2 aromatic carbocycles. The molecule has 9 heteroatoms. The Morgan fingerprint density at radius 3 is 2.71 bits per heavy atom. The lowest BCUT2D eigenvalue weighted by Gasteiger charge is -2.12. The number of methoxy groups -OCH3 is 1. The maximum atomic E-state index is 13.9. The summed E-state index contributed by atoms with van der Waals surface area (Å²) in [6.07, 6.45) is 2.56. The lowest BCUT2D eigenvalue weighted by atomic mass is 10.2. The maximum absolute atomic E-state index is 13.9. The van der Waals surface area contributed by atoms with Gasteiger partial charge in [0.2, 0.25) is 5.13 Å². The van der Waals surface area contributed by atoms with E-state index in [1.807, 2.05) is 30.3 Å². The molecule has 0 spiro atoms. The van der Waals surface area contributed by atoms with Gasteiger partial charge >= 0.3 is 0 Å². The number of rotatable bonds is 7. The summed E-state index contributed by atoms with van der Waals surface area (Å²) in [4.78, 5) is 16.3. The zero-order valence-electron chi connectivity index (χ0n) is 16.4. The Bertz CT molecular complexity index is 1200. The summed E-state index contributed by atoms with van der Waals surface area (Å²) in [5.41, 5.74) is 1.65. The molecule has 7 nitrogen and oxygen atoms in total. The first kappa shape index (κ1) is 20.4. The summed E-state index contributed by atoms with van der Waals surface area (Å²) in [5, 5.41) is 11.1. The summed E-state index contributed by atoms with van der Waals surface area (Å²) in [7, 11) is 1.51. The quantitative estimate of drug-likeness (QED) is 0.456. The molecule has 156 valence electrons. The number of nitrogens with one attached hydrogen (secondary N) is 1. The van der Waals surface area contributed by atoms with Crippen LogP contribution in [0.1, 0.15) is 15.9 Å². The molecule has 2 aromatic heterocycles. The van der Waals surface area contributed by atoms with Gasteiger partial charge in [-0.1, -0.05) is 41.7 Å². The molecule has 0 fully saturated rings. The molecule has 2 heterocycles. The second-order valence-corrected chi connectivity index (χ2v) is 7.34. The van der Waals surface area contributed by atoms with Crippen molar-refractivity contribution in [1.29, 1.82) is 0 Å². The number of pyridine rings is 1. The van der Waals surface area contributed by atoms with Crippen LogP contribution >= 0.6 is 11.3 Å². The van der Waals surface area contributed by atoms with Gasteiger partial charge in [-0.05, 0) is 29.8 Å². The highest BCUT2D eigenvalue weighted by Crippen LogP contribution is 2.31. The molecule has 0 saturated carbocycles. The van der Waals surface area contributed by atoms with Crippen LogP contribution in [0.4, 0.5) is 9.52 Å². The van der Waals surface area contributed by atoms with E-state index in [9.17, 15) is 9.18 Å². The largest absolute Gasteiger partial charge is 0.493 e. The average molecular weight is 436 g/mol. The molecule has 0 unspecified atom stereocenters. The highest BCUT2D eigenvalue weighted by molar-refractivity contribution is 7.18. The predicted molar refractivity (Wildman–Crippen MR) is 115 cm³/mol. The fraction of sp³-hybridized carbons (Fsp3) is 0.0909. The highest BCUT2D eigenvalue weighted by Gasteiger charge is 2.16. The first-order chi connectivity index (χ1) is 15.1. The van der Waals surface area contributed by atoms with Crippen LogP contribution in [0, 0.1) is 5.82 Å². The fourth-order valence-corrected chi connectivity index (χ4v) is 3.53. The molecular weight excluding hydrogens is 419 g/mol. The molecule has 1 N–H and O–H groups in total. The number of anilines is 1. The Hall–Kier alpha value is -3.85. The molecule has 31 heavy (non-hydrogen) atoms. The lowest BCUT2D eigenvalue weighted by Crippen LogP contribution is -2.12. The molecule has 0 atom stereocenters. The van der Waals surface area contributed by atoms with Crippen LogP contribution in [0.3, 0.4) is 0 Å². The number of ether oxygens (including phenoxy) is 2. The van der Waals surface area contributed by atoms with Crippen LogP contribution in [-0.4, -0.2) is 28.2 Å². The van der Waals surface area contributed by atoms with Crippen LogP contribution in [0.5, 0.6) is 11.5 Å². The molecule has 0 aliphatic carbocycles. The highest BCUT2D eigenvalue weighted by atomic mass is 32.1. The van der Waals surface area contributed by atoms with Crippen LogP contribution in [-0.2, 0) is 6.61 Å². The lowest BCUT2D eigenvalue weighted by molar-refractivity contribution is 0.102. The molecule has 4 rings (SSSR count). The van der Waals surface area contributed by atoms with E-state index in [2.05, 4.69) is 20.5 Å². The van der Waals surface area contributed by atoms with Gasteiger partial charge in [0.15, 0.2) is 22.3 Å². The molecule has 0 radical (unpaired) electrons. The molecule has 0 bridgehead atoms. The topological polar surface area (TPSA) is 86.2 Å². The van der Waals surface area contributed by atoms with E-state index in [1.165, 1.54) is 19.4 Å². The Labute approximate surface area is 181 Å². The Balaban J connectivity index is 1.46. The van der Waals surface area contributed by atoms with Crippen LogP contribution in [0.2, 0.25) is 0 Å². The van der Waals surface area contributed by atoms with Crippen molar-refractivity contribution in [2.45, 2.75) is 6.61 Å². The van der Waals surface area contributed by atoms with Crippen molar-refractivity contribution in [3.8, 4) is 22.1 Å². The minimum atomic E-state index is -0.507. The average Bonchev–Trinajstić information content (AvgIpc) is 3.26. The summed E-state index contributed by atoms with van der Waals surface area (Å²) >= 11 is 1.06. The third kappa shape index (κ3) is 4.84. The SMILES string of the molecule is COc1cc(C(=O)Nc2nnc(-c3ccncc3F)s2)ccc1OCc1ccccc1. The van der Waals surface area contributed by atoms with E-state index in [4.69, 9.17) is 9.47 Å². The first-order valence-electron chi connectivity index (χ1n) is 9.23. The van der Waals surface area contributed by atoms with Gasteiger partial charge in [0.1, 0.15) is 6.61 Å². The van der Waals surface area contributed by atoms with Crippen LogP contribution in [0.25, 0.3) is 10.6 Å². The van der Waals surface area contributed by atoms with Crippen molar-refractivity contribution in [2.24, 2.45) is 0 Å². The smallest absolute Gasteiger partial charge is 0.257 e.